The average Bonchev–Trinajstić information content (AvgIpc) is 2.66. The van der Waals surface area contributed by atoms with Gasteiger partial charge in [0.25, 0.3) is 0 Å². The van der Waals surface area contributed by atoms with Crippen LogP contribution in [0.3, 0.4) is 0 Å². The molecule has 2 aliphatic rings. The minimum atomic E-state index is 0.374. The predicted octanol–water partition coefficient (Wildman–Crippen LogP) is 4.24. The first-order chi connectivity index (χ1) is 12.6. The third-order valence-electron chi connectivity index (χ3n) is 6.05. The summed E-state index contributed by atoms with van der Waals surface area (Å²) in [6, 6.07) is 9.17. The van der Waals surface area contributed by atoms with Crippen LogP contribution < -0.4 is 14.2 Å². The molecule has 2 atom stereocenters. The van der Waals surface area contributed by atoms with E-state index in [1.807, 2.05) is 6.07 Å². The van der Waals surface area contributed by atoms with Gasteiger partial charge >= 0.3 is 0 Å². The Hall–Kier alpha value is -2.20. The van der Waals surface area contributed by atoms with Gasteiger partial charge < -0.3 is 14.2 Å². The first-order valence-electron chi connectivity index (χ1n) is 9.24. The van der Waals surface area contributed by atoms with Crippen molar-refractivity contribution >= 4 is 0 Å². The second kappa shape index (κ2) is 6.51. The molecule has 0 bridgehead atoms. The molecule has 2 heterocycles. The van der Waals surface area contributed by atoms with Crippen molar-refractivity contribution in [1.29, 1.82) is 0 Å². The third-order valence-corrected chi connectivity index (χ3v) is 6.05. The number of fused-ring (bicyclic) bond motifs is 4. The molecule has 2 aromatic carbocycles. The number of hydrogen-bond acceptors (Lipinski definition) is 4. The fraction of sp³-hybridized carbons (Fsp3) is 0.455. The van der Waals surface area contributed by atoms with Gasteiger partial charge in [0.15, 0.2) is 11.5 Å². The van der Waals surface area contributed by atoms with E-state index in [1.54, 1.807) is 21.3 Å². The SMILES string of the molecule is COc1cc2c(cc1C)CCN1Cc3c(ccc(OC)c3OC)C(C)C21. The lowest BCUT2D eigenvalue weighted by Crippen LogP contribution is -2.41. The summed E-state index contributed by atoms with van der Waals surface area (Å²) < 4.78 is 16.8. The molecule has 0 N–H and O–H groups in total. The average molecular weight is 353 g/mol. The minimum absolute atomic E-state index is 0.374. The fourth-order valence-corrected chi connectivity index (χ4v) is 4.81. The third kappa shape index (κ3) is 2.47. The van der Waals surface area contributed by atoms with Gasteiger partial charge in [-0.3, -0.25) is 4.90 Å². The zero-order chi connectivity index (χ0) is 18.4. The molecule has 0 spiro atoms. The van der Waals surface area contributed by atoms with Crippen LogP contribution in [-0.2, 0) is 13.0 Å². The van der Waals surface area contributed by atoms with Crippen LogP contribution in [0.2, 0.25) is 0 Å². The number of ether oxygens (including phenoxy) is 3. The van der Waals surface area contributed by atoms with E-state index in [0.29, 0.717) is 12.0 Å². The lowest BCUT2D eigenvalue weighted by molar-refractivity contribution is 0.136. The highest BCUT2D eigenvalue weighted by Gasteiger charge is 2.39. The molecule has 0 saturated carbocycles. The second-order valence-electron chi connectivity index (χ2n) is 7.34. The standard InChI is InChI=1S/C22H27NO3/c1-13-10-15-8-9-23-12-18-16(6-7-19(24-3)22(18)26-5)14(2)21(23)17(15)11-20(13)25-4/h6-7,10-11,14,21H,8-9,12H2,1-5H3. The van der Waals surface area contributed by atoms with Crippen molar-refractivity contribution in [2.75, 3.05) is 27.9 Å². The topological polar surface area (TPSA) is 30.9 Å². The van der Waals surface area contributed by atoms with Gasteiger partial charge in [-0.2, -0.15) is 0 Å². The van der Waals surface area contributed by atoms with Crippen molar-refractivity contribution in [3.63, 3.8) is 0 Å². The number of aryl methyl sites for hydroxylation is 1. The van der Waals surface area contributed by atoms with Crippen LogP contribution >= 0.6 is 0 Å². The van der Waals surface area contributed by atoms with Crippen molar-refractivity contribution in [3.8, 4) is 17.2 Å². The minimum Gasteiger partial charge on any atom is -0.496 e. The van der Waals surface area contributed by atoms with E-state index in [0.717, 1.165) is 36.8 Å². The van der Waals surface area contributed by atoms with Crippen LogP contribution in [0.1, 0.15) is 46.7 Å². The Bertz CT molecular complexity index is 846. The largest absolute Gasteiger partial charge is 0.496 e. The van der Waals surface area contributed by atoms with E-state index in [4.69, 9.17) is 14.2 Å². The van der Waals surface area contributed by atoms with E-state index in [9.17, 15) is 0 Å². The van der Waals surface area contributed by atoms with Crippen molar-refractivity contribution < 1.29 is 14.2 Å². The number of nitrogens with zero attached hydrogens (tertiary/aromatic N) is 1. The van der Waals surface area contributed by atoms with Gasteiger partial charge in [0.1, 0.15) is 5.75 Å². The van der Waals surface area contributed by atoms with E-state index >= 15 is 0 Å². The molecule has 0 saturated heterocycles. The van der Waals surface area contributed by atoms with Crippen LogP contribution in [-0.4, -0.2) is 32.8 Å². The second-order valence-corrected chi connectivity index (χ2v) is 7.34. The van der Waals surface area contributed by atoms with Gasteiger partial charge in [-0.05, 0) is 47.7 Å². The van der Waals surface area contributed by atoms with Gasteiger partial charge in [-0.25, -0.2) is 0 Å². The Balaban J connectivity index is 1.83. The molecule has 0 radical (unpaired) electrons. The predicted molar refractivity (Wildman–Crippen MR) is 103 cm³/mol. The molecule has 2 aliphatic heterocycles. The Labute approximate surface area is 155 Å². The maximum Gasteiger partial charge on any atom is 0.165 e. The van der Waals surface area contributed by atoms with Gasteiger partial charge in [-0.1, -0.05) is 19.1 Å². The van der Waals surface area contributed by atoms with Crippen LogP contribution in [0.25, 0.3) is 0 Å². The first kappa shape index (κ1) is 17.2. The Morgan fingerprint density at radius 2 is 1.73 bits per heavy atom. The molecule has 138 valence electrons. The highest BCUT2D eigenvalue weighted by molar-refractivity contribution is 5.55. The fourth-order valence-electron chi connectivity index (χ4n) is 4.81. The Morgan fingerprint density at radius 1 is 0.962 bits per heavy atom. The van der Waals surface area contributed by atoms with Crippen molar-refractivity contribution in [2.24, 2.45) is 0 Å². The molecular formula is C22H27NO3. The van der Waals surface area contributed by atoms with E-state index in [-0.39, 0.29) is 0 Å². The van der Waals surface area contributed by atoms with E-state index in [2.05, 4.69) is 36.9 Å². The van der Waals surface area contributed by atoms with Crippen molar-refractivity contribution in [3.05, 3.63) is 52.1 Å². The maximum atomic E-state index is 5.71. The molecule has 0 fully saturated rings. The van der Waals surface area contributed by atoms with Crippen LogP contribution in [0.5, 0.6) is 17.2 Å². The number of methoxy groups -OCH3 is 3. The van der Waals surface area contributed by atoms with E-state index in [1.165, 1.54) is 27.8 Å². The summed E-state index contributed by atoms with van der Waals surface area (Å²) in [4.78, 5) is 2.58. The molecule has 0 aromatic heterocycles. The van der Waals surface area contributed by atoms with Crippen LogP contribution in [0, 0.1) is 6.92 Å². The van der Waals surface area contributed by atoms with Crippen LogP contribution in [0.4, 0.5) is 0 Å². The summed E-state index contributed by atoms with van der Waals surface area (Å²) in [5, 5.41) is 0. The quantitative estimate of drug-likeness (QED) is 0.826. The van der Waals surface area contributed by atoms with Gasteiger partial charge in [0.05, 0.1) is 21.3 Å². The highest BCUT2D eigenvalue weighted by Crippen LogP contribution is 2.50. The summed E-state index contributed by atoms with van der Waals surface area (Å²) in [5.74, 6) is 3.05. The summed E-state index contributed by atoms with van der Waals surface area (Å²) in [5.41, 5.74) is 6.70. The highest BCUT2D eigenvalue weighted by atomic mass is 16.5. The molecule has 2 unspecified atom stereocenters. The van der Waals surface area contributed by atoms with Gasteiger partial charge in [0.2, 0.25) is 0 Å². The summed E-state index contributed by atoms with van der Waals surface area (Å²) in [6.45, 7) is 6.40. The summed E-state index contributed by atoms with van der Waals surface area (Å²) in [6.07, 6.45) is 1.07. The smallest absolute Gasteiger partial charge is 0.165 e. The number of hydrogen-bond donors (Lipinski definition) is 0. The lowest BCUT2D eigenvalue weighted by atomic mass is 9.77. The van der Waals surface area contributed by atoms with Crippen LogP contribution in [0.15, 0.2) is 24.3 Å². The van der Waals surface area contributed by atoms with Gasteiger partial charge in [0, 0.05) is 30.6 Å². The van der Waals surface area contributed by atoms with Crippen molar-refractivity contribution in [2.45, 2.75) is 38.8 Å². The Kier molecular flexibility index (Phi) is 4.31. The zero-order valence-corrected chi connectivity index (χ0v) is 16.3. The number of rotatable bonds is 3. The molecule has 26 heavy (non-hydrogen) atoms. The zero-order valence-electron chi connectivity index (χ0n) is 16.3. The van der Waals surface area contributed by atoms with E-state index < -0.39 is 0 Å². The molecule has 4 nitrogen and oxygen atoms in total. The normalized spacial score (nSPS) is 21.4. The summed E-state index contributed by atoms with van der Waals surface area (Å²) >= 11 is 0. The number of benzene rings is 2. The molecule has 2 aromatic rings. The molecule has 0 aliphatic carbocycles. The molecule has 4 rings (SSSR count). The first-order valence-corrected chi connectivity index (χ1v) is 9.24. The maximum absolute atomic E-state index is 5.71. The van der Waals surface area contributed by atoms with Gasteiger partial charge in [-0.15, -0.1) is 0 Å². The lowest BCUT2D eigenvalue weighted by Gasteiger charge is -2.45. The molecule has 4 heteroatoms. The monoisotopic (exact) mass is 353 g/mol. The summed E-state index contributed by atoms with van der Waals surface area (Å²) in [7, 11) is 5.19. The molecular weight excluding hydrogens is 326 g/mol. The Morgan fingerprint density at radius 3 is 2.42 bits per heavy atom. The van der Waals surface area contributed by atoms with Crippen molar-refractivity contribution in [1.82, 2.24) is 4.90 Å². The molecule has 0 amide bonds.